The van der Waals surface area contributed by atoms with E-state index in [1.807, 2.05) is 12.5 Å². The van der Waals surface area contributed by atoms with Crippen LogP contribution in [0.15, 0.2) is 158 Å². The highest BCUT2D eigenvalue weighted by Crippen LogP contribution is 2.34. The molecule has 0 amide bonds. The molecule has 43 heavy (non-hydrogen) atoms. The fraction of sp³-hybridized carbons (Fsp3) is 0.154. The molecule has 0 fully saturated rings. The minimum atomic E-state index is -0.784. The van der Waals surface area contributed by atoms with Crippen LogP contribution in [0.1, 0.15) is 53.0 Å². The van der Waals surface area contributed by atoms with Crippen LogP contribution in [0, 0.1) is 0 Å². The summed E-state index contributed by atoms with van der Waals surface area (Å²) in [4.78, 5) is 4.43. The number of hydrogen-bond donors (Lipinski definition) is 0. The Balaban J connectivity index is 0.000000220. The van der Waals surface area contributed by atoms with E-state index in [0.29, 0.717) is 5.82 Å². The Morgan fingerprint density at radius 3 is 1.47 bits per heavy atom. The van der Waals surface area contributed by atoms with Gasteiger partial charge in [-0.25, -0.2) is 4.98 Å². The molecule has 214 valence electrons. The van der Waals surface area contributed by atoms with E-state index in [1.165, 1.54) is 38.6 Å². The highest BCUT2D eigenvalue weighted by molar-refractivity contribution is 6.57. The minimum absolute atomic E-state index is 0.212. The van der Waals surface area contributed by atoms with Crippen LogP contribution in [-0.2, 0) is 18.0 Å². The average molecular weight is 577 g/mol. The van der Waals surface area contributed by atoms with Gasteiger partial charge in [-0.1, -0.05) is 159 Å². The van der Waals surface area contributed by atoms with Crippen molar-refractivity contribution in [2.45, 2.75) is 37.7 Å². The molecule has 2 nitrogen and oxygen atoms in total. The molecule has 0 aliphatic rings. The van der Waals surface area contributed by atoms with E-state index in [-0.39, 0.29) is 5.16 Å². The minimum Gasteiger partial charge on any atom is -0.326 e. The number of hydrogen-bond acceptors (Lipinski definition) is 1. The maximum atomic E-state index is 4.43. The van der Waals surface area contributed by atoms with E-state index in [2.05, 4.69) is 177 Å². The molecule has 0 aliphatic carbocycles. The molecule has 0 atom stereocenters. The van der Waals surface area contributed by atoms with Crippen LogP contribution in [0.5, 0.6) is 0 Å². The van der Waals surface area contributed by atoms with Gasteiger partial charge in [0.15, 0.2) is 0 Å². The highest BCUT2D eigenvalue weighted by atomic mass is 28.2. The Morgan fingerprint density at radius 2 is 1.07 bits per heavy atom. The van der Waals surface area contributed by atoms with Crippen molar-refractivity contribution in [1.82, 2.24) is 9.55 Å². The largest absolute Gasteiger partial charge is 0.326 e. The number of benzene rings is 5. The van der Waals surface area contributed by atoms with Crippen molar-refractivity contribution in [3.63, 3.8) is 0 Å². The molecule has 6 rings (SSSR count). The van der Waals surface area contributed by atoms with E-state index in [9.17, 15) is 0 Å². The molecule has 1 aromatic heterocycles. The highest BCUT2D eigenvalue weighted by Gasteiger charge is 2.36. The molecule has 1 heterocycles. The zero-order valence-electron chi connectivity index (χ0n) is 25.6. The molecule has 5 aromatic carbocycles. The van der Waals surface area contributed by atoms with Crippen LogP contribution in [-0.4, -0.2) is 26.9 Å². The van der Waals surface area contributed by atoms with Gasteiger partial charge in [-0.2, -0.15) is 0 Å². The zero-order chi connectivity index (χ0) is 29.9. The topological polar surface area (TPSA) is 17.8 Å². The predicted molar refractivity (Wildman–Crippen MR) is 188 cm³/mol. The maximum Gasteiger partial charge on any atom is 0.116 e. The summed E-state index contributed by atoms with van der Waals surface area (Å²) in [6.45, 7) is 4.42. The van der Waals surface area contributed by atoms with Gasteiger partial charge in [-0.3, -0.25) is 0 Å². The first-order valence-corrected chi connectivity index (χ1v) is 16.9. The smallest absolute Gasteiger partial charge is 0.116 e. The van der Waals surface area contributed by atoms with E-state index < -0.39 is 9.52 Å². The second-order valence-corrected chi connectivity index (χ2v) is 13.3. The lowest BCUT2D eigenvalue weighted by atomic mass is 9.76. The number of aromatic nitrogens is 2. The lowest BCUT2D eigenvalue weighted by Gasteiger charge is -2.37. The third-order valence-electron chi connectivity index (χ3n) is 8.53. The molecule has 6 aromatic rings. The Labute approximate surface area is 260 Å². The van der Waals surface area contributed by atoms with Gasteiger partial charge in [0, 0.05) is 12.4 Å². The van der Waals surface area contributed by atoms with Gasteiger partial charge in [0.2, 0.25) is 0 Å². The van der Waals surface area contributed by atoms with Gasteiger partial charge in [0.25, 0.3) is 0 Å². The fourth-order valence-electron chi connectivity index (χ4n) is 5.84. The number of rotatable bonds is 9. The van der Waals surface area contributed by atoms with Gasteiger partial charge < -0.3 is 4.57 Å². The first-order valence-electron chi connectivity index (χ1n) is 15.4. The normalized spacial score (nSPS) is 11.4. The molecule has 0 spiro atoms. The third-order valence-corrected chi connectivity index (χ3v) is 11.1. The Bertz CT molecular complexity index is 1550. The van der Waals surface area contributed by atoms with Crippen LogP contribution in [0.2, 0.25) is 0 Å². The molecule has 0 N–H and O–H groups in total. The third kappa shape index (κ3) is 7.15. The molecule has 0 bridgehead atoms. The van der Waals surface area contributed by atoms with E-state index in [0.717, 1.165) is 12.8 Å². The van der Waals surface area contributed by atoms with E-state index >= 15 is 0 Å². The first kappa shape index (κ1) is 30.1. The molecule has 0 aliphatic heterocycles. The molecule has 0 saturated carbocycles. The van der Waals surface area contributed by atoms with Crippen molar-refractivity contribution in [3.8, 4) is 0 Å². The summed E-state index contributed by atoms with van der Waals surface area (Å²) in [5.74, 6) is 0.484. The maximum absolute atomic E-state index is 4.43. The van der Waals surface area contributed by atoms with Crippen LogP contribution < -0.4 is 5.19 Å². The van der Waals surface area contributed by atoms with Gasteiger partial charge in [-0.05, 0) is 52.0 Å². The Kier molecular flexibility index (Phi) is 10.3. The Morgan fingerprint density at radius 1 is 0.628 bits per heavy atom. The van der Waals surface area contributed by atoms with Crippen LogP contribution >= 0.6 is 0 Å². The van der Waals surface area contributed by atoms with E-state index in [4.69, 9.17) is 0 Å². The second kappa shape index (κ2) is 14.7. The fourth-order valence-corrected chi connectivity index (χ4v) is 8.19. The molecule has 0 radical (unpaired) electrons. The van der Waals surface area contributed by atoms with Crippen LogP contribution in [0.3, 0.4) is 0 Å². The average Bonchev–Trinajstić information content (AvgIpc) is 3.64. The molecule has 4 heteroatoms. The number of nitrogens with zero attached hydrogens (tertiary/aromatic N) is 2. The zero-order valence-corrected chi connectivity index (χ0v) is 27.0. The van der Waals surface area contributed by atoms with Gasteiger partial charge in [-0.15, -0.1) is 0 Å². The van der Waals surface area contributed by atoms with Crippen molar-refractivity contribution in [2.24, 2.45) is 0 Å². The summed E-state index contributed by atoms with van der Waals surface area (Å²) in [6, 6.07) is 50.6. The summed E-state index contributed by atoms with van der Waals surface area (Å²) < 4.78 is 2.33. The first-order chi connectivity index (χ1) is 21.1. The summed E-state index contributed by atoms with van der Waals surface area (Å²) >= 11 is 0. The van der Waals surface area contributed by atoms with Crippen molar-refractivity contribution in [3.05, 3.63) is 192 Å². The number of imidazole rings is 1. The summed E-state index contributed by atoms with van der Waals surface area (Å²) in [7, 11) is 1.46. The van der Waals surface area contributed by atoms with Crippen molar-refractivity contribution in [2.75, 3.05) is 0 Å². The lowest BCUT2D eigenvalue weighted by Crippen LogP contribution is -2.46. The van der Waals surface area contributed by atoms with Crippen LogP contribution in [0.25, 0.3) is 0 Å². The molecule has 0 saturated heterocycles. The SMILES string of the molecule is BC(c1ccccc1)c1ccccc1.CCc1ccc(C([SiH2]c2ccccc2)(c2ccc(CC)cc2)n2ccnc2)cc1. The van der Waals surface area contributed by atoms with Crippen molar-refractivity contribution < 1.29 is 0 Å². The number of aryl methyl sites for hydroxylation is 2. The van der Waals surface area contributed by atoms with Gasteiger partial charge in [0.1, 0.15) is 7.85 Å². The van der Waals surface area contributed by atoms with E-state index in [1.54, 1.807) is 0 Å². The molecule has 0 unspecified atom stereocenters. The molecular weight excluding hydrogens is 535 g/mol. The molecular formula is C39H41BN2Si. The van der Waals surface area contributed by atoms with Crippen LogP contribution in [0.4, 0.5) is 0 Å². The Hall–Kier alpha value is -4.41. The quantitative estimate of drug-likeness (QED) is 0.176. The summed E-state index contributed by atoms with van der Waals surface area (Å²) in [6.07, 6.45) is 8.11. The standard InChI is InChI=1S/C26H28N2Si.C13H13B/c1-3-21-10-14-23(15-11-21)26(28-19-18-27-20-28,29-25-8-6-5-7-9-25)24-16-12-22(4-2)13-17-24;14-13(11-7-3-1-4-8-11)12-9-5-2-6-10-12/h5-20H,3-4,29H2,1-2H3;1-10,13H,14H2. The predicted octanol–water partition coefficient (Wildman–Crippen LogP) is 6.66. The summed E-state index contributed by atoms with van der Waals surface area (Å²) in [5, 5.41) is 1.23. The monoisotopic (exact) mass is 576 g/mol. The summed E-state index contributed by atoms with van der Waals surface area (Å²) in [5.41, 5.74) is 8.17. The van der Waals surface area contributed by atoms with Crippen molar-refractivity contribution >= 4 is 22.6 Å². The lowest BCUT2D eigenvalue weighted by molar-refractivity contribution is 0.596. The van der Waals surface area contributed by atoms with Crippen molar-refractivity contribution in [1.29, 1.82) is 0 Å². The second-order valence-electron chi connectivity index (χ2n) is 11.1. The van der Waals surface area contributed by atoms with Gasteiger partial charge in [0.05, 0.1) is 21.0 Å². The van der Waals surface area contributed by atoms with Gasteiger partial charge >= 0.3 is 0 Å².